The average Bonchev–Trinajstić information content (AvgIpc) is 3.89. The lowest BCUT2D eigenvalue weighted by Crippen LogP contribution is -2.32. The fraction of sp³-hybridized carbons (Fsp3) is 0.625. The summed E-state index contributed by atoms with van der Waals surface area (Å²) in [5.74, 6) is 1.84. The zero-order valence-electron chi connectivity index (χ0n) is 31.2. The molecule has 0 aliphatic rings. The predicted molar refractivity (Wildman–Crippen MR) is 195 cm³/mol. The van der Waals surface area contributed by atoms with Crippen LogP contribution in [0.4, 0.5) is 23.3 Å². The van der Waals surface area contributed by atoms with E-state index in [1.165, 1.54) is 24.8 Å². The molecule has 0 aliphatic heterocycles. The number of nitro groups is 4. The highest BCUT2D eigenvalue weighted by Crippen LogP contribution is 2.18. The summed E-state index contributed by atoms with van der Waals surface area (Å²) in [5.41, 5.74) is 0. The zero-order valence-corrected chi connectivity index (χ0v) is 31.2. The van der Waals surface area contributed by atoms with Crippen LogP contribution in [0.5, 0.6) is 0 Å². The molecule has 0 amide bonds. The van der Waals surface area contributed by atoms with Gasteiger partial charge < -0.3 is 40.5 Å². The second-order valence-corrected chi connectivity index (χ2v) is 13.1. The first-order valence-corrected chi connectivity index (χ1v) is 17.9. The number of aryl methyl sites for hydroxylation is 4. The predicted octanol–water partition coefficient (Wildman–Crippen LogP) is 4.38. The van der Waals surface area contributed by atoms with Crippen molar-refractivity contribution in [3.63, 3.8) is 0 Å². The van der Waals surface area contributed by atoms with Gasteiger partial charge in [-0.3, -0.25) is 9.80 Å². The van der Waals surface area contributed by atoms with Gasteiger partial charge in [0.15, 0.2) is 23.3 Å². The number of hydrogen-bond donors (Lipinski definition) is 0. The molecule has 0 spiro atoms. The van der Waals surface area contributed by atoms with Crippen molar-refractivity contribution >= 4 is 23.3 Å². The van der Waals surface area contributed by atoms with Crippen LogP contribution in [0.1, 0.15) is 61.8 Å². The maximum atomic E-state index is 11.5. The number of aromatic nitrogens is 8. The maximum Gasteiger partial charge on any atom is 0.342 e. The van der Waals surface area contributed by atoms with E-state index in [2.05, 4.69) is 29.7 Å². The zero-order chi connectivity index (χ0) is 39.4. The summed E-state index contributed by atoms with van der Waals surface area (Å²) >= 11 is 0. The molecule has 0 radical (unpaired) electrons. The molecule has 4 aromatic rings. The minimum atomic E-state index is -0.457. The summed E-state index contributed by atoms with van der Waals surface area (Å²) in [5, 5.41) is 46.1. The van der Waals surface area contributed by atoms with Crippen molar-refractivity contribution in [1.82, 2.24) is 48.0 Å². The summed E-state index contributed by atoms with van der Waals surface area (Å²) < 4.78 is 6.27. The van der Waals surface area contributed by atoms with Crippen molar-refractivity contribution in [3.8, 4) is 0 Å². The molecule has 0 saturated carbocycles. The smallest absolute Gasteiger partial charge is 0.342 e. The Kier molecular flexibility index (Phi) is 14.8. The Hall–Kier alpha value is -5.64. The first kappa shape index (κ1) is 41.1. The topological polar surface area (TPSA) is 250 Å². The summed E-state index contributed by atoms with van der Waals surface area (Å²) in [6, 6.07) is 0. The molecule has 4 aromatic heterocycles. The Morgan fingerprint density at radius 2 is 0.648 bits per heavy atom. The molecule has 22 heteroatoms. The normalized spacial score (nSPS) is 11.6. The van der Waals surface area contributed by atoms with Crippen LogP contribution in [0, 0.1) is 68.2 Å². The number of hydrogen-bond acceptors (Lipinski definition) is 14. The highest BCUT2D eigenvalue weighted by atomic mass is 16.6. The third-order valence-electron chi connectivity index (χ3n) is 9.64. The van der Waals surface area contributed by atoms with Crippen molar-refractivity contribution < 1.29 is 19.7 Å². The molecule has 4 heterocycles. The molecular weight excluding hydrogens is 708 g/mol. The van der Waals surface area contributed by atoms with E-state index in [0.29, 0.717) is 88.7 Å². The van der Waals surface area contributed by atoms with Gasteiger partial charge >= 0.3 is 23.3 Å². The van der Waals surface area contributed by atoms with E-state index >= 15 is 0 Å². The number of imidazole rings is 4. The van der Waals surface area contributed by atoms with Gasteiger partial charge in [0, 0.05) is 53.9 Å². The van der Waals surface area contributed by atoms with Crippen molar-refractivity contribution in [2.24, 2.45) is 0 Å². The van der Waals surface area contributed by atoms with Gasteiger partial charge in [-0.2, -0.15) is 0 Å². The molecular formula is C32H48N14O8. The van der Waals surface area contributed by atoms with E-state index in [1.54, 1.807) is 46.0 Å². The summed E-state index contributed by atoms with van der Waals surface area (Å²) in [7, 11) is 0. The van der Waals surface area contributed by atoms with Crippen molar-refractivity contribution in [2.75, 3.05) is 39.3 Å². The first-order chi connectivity index (χ1) is 25.8. The fourth-order valence-electron chi connectivity index (χ4n) is 6.53. The van der Waals surface area contributed by atoms with Crippen LogP contribution in [0.3, 0.4) is 0 Å². The Labute approximate surface area is 311 Å². The second kappa shape index (κ2) is 19.4. The van der Waals surface area contributed by atoms with Crippen molar-refractivity contribution in [3.05, 3.63) is 88.5 Å². The molecule has 54 heavy (non-hydrogen) atoms. The van der Waals surface area contributed by atoms with Crippen LogP contribution in [0.25, 0.3) is 0 Å². The van der Waals surface area contributed by atoms with Gasteiger partial charge in [0.1, 0.15) is 51.0 Å². The summed E-state index contributed by atoms with van der Waals surface area (Å²) in [6.07, 6.45) is 10.6. The first-order valence-electron chi connectivity index (χ1n) is 17.9. The number of nitrogens with zero attached hydrogens (tertiary/aromatic N) is 14. The fourth-order valence-corrected chi connectivity index (χ4v) is 6.53. The number of unbranched alkanes of at least 4 members (excludes halogenated alkanes) is 5. The van der Waals surface area contributed by atoms with Gasteiger partial charge in [-0.05, 0) is 45.6 Å². The highest BCUT2D eigenvalue weighted by molar-refractivity contribution is 5.21. The van der Waals surface area contributed by atoms with Crippen LogP contribution < -0.4 is 0 Å². The second-order valence-electron chi connectivity index (χ2n) is 13.1. The average molecular weight is 757 g/mol. The molecule has 0 fully saturated rings. The number of rotatable bonds is 25. The monoisotopic (exact) mass is 756 g/mol. The van der Waals surface area contributed by atoms with E-state index < -0.39 is 19.7 Å². The lowest BCUT2D eigenvalue weighted by molar-refractivity contribution is -0.392. The lowest BCUT2D eigenvalue weighted by Gasteiger charge is -2.22. The lowest BCUT2D eigenvalue weighted by atomic mass is 10.1. The van der Waals surface area contributed by atoms with E-state index in [0.717, 1.165) is 38.5 Å². The standard InChI is InChI=1S/C32H48N14O8/c1-25-33-21-29(43(47)48)39(25)17-13-37(14-18-40-26(2)34-22-30(40)44(49)50)11-9-7-5-6-8-10-12-38(15-19-41-27(3)35-23-31(41)45(51)52)16-20-42-28(4)36-24-32(42)46(53)54/h21-24H,5-20H2,1-4H3. The minimum absolute atomic E-state index is 0.0802. The molecule has 294 valence electrons. The van der Waals surface area contributed by atoms with Gasteiger partial charge in [-0.1, -0.05) is 25.7 Å². The Morgan fingerprint density at radius 1 is 0.426 bits per heavy atom. The largest absolute Gasteiger partial charge is 0.358 e. The summed E-state index contributed by atoms with van der Waals surface area (Å²) in [4.78, 5) is 64.9. The molecule has 0 saturated heterocycles. The summed E-state index contributed by atoms with van der Waals surface area (Å²) in [6.45, 7) is 11.7. The van der Waals surface area contributed by atoms with Crippen molar-refractivity contribution in [2.45, 2.75) is 92.4 Å². The van der Waals surface area contributed by atoms with Crippen LogP contribution >= 0.6 is 0 Å². The van der Waals surface area contributed by atoms with E-state index in [1.807, 2.05) is 0 Å². The Morgan fingerprint density at radius 3 is 0.870 bits per heavy atom. The van der Waals surface area contributed by atoms with Gasteiger partial charge in [-0.15, -0.1) is 0 Å². The molecule has 0 unspecified atom stereocenters. The van der Waals surface area contributed by atoms with Crippen LogP contribution in [0.2, 0.25) is 0 Å². The van der Waals surface area contributed by atoms with Gasteiger partial charge in [-0.25, -0.2) is 38.2 Å². The third-order valence-corrected chi connectivity index (χ3v) is 9.64. The molecule has 0 N–H and O–H groups in total. The molecule has 0 aromatic carbocycles. The van der Waals surface area contributed by atoms with Crippen molar-refractivity contribution in [1.29, 1.82) is 0 Å². The Bertz CT molecular complexity index is 1640. The van der Waals surface area contributed by atoms with Gasteiger partial charge in [0.05, 0.1) is 0 Å². The van der Waals surface area contributed by atoms with E-state index in [9.17, 15) is 40.5 Å². The van der Waals surface area contributed by atoms with E-state index in [4.69, 9.17) is 0 Å². The van der Waals surface area contributed by atoms with Crippen LogP contribution in [-0.2, 0) is 26.2 Å². The molecule has 0 bridgehead atoms. The van der Waals surface area contributed by atoms with Crippen LogP contribution in [-0.4, -0.2) is 107 Å². The minimum Gasteiger partial charge on any atom is -0.358 e. The highest BCUT2D eigenvalue weighted by Gasteiger charge is 2.23. The molecule has 0 atom stereocenters. The van der Waals surface area contributed by atoms with Gasteiger partial charge in [0.25, 0.3) is 0 Å². The van der Waals surface area contributed by atoms with Gasteiger partial charge in [0.2, 0.25) is 0 Å². The quantitative estimate of drug-likeness (QED) is 0.0517. The third kappa shape index (κ3) is 10.9. The molecule has 4 rings (SSSR count). The molecule has 22 nitrogen and oxygen atoms in total. The maximum absolute atomic E-state index is 11.5. The van der Waals surface area contributed by atoms with Crippen LogP contribution in [0.15, 0.2) is 24.8 Å². The molecule has 0 aliphatic carbocycles. The van der Waals surface area contributed by atoms with E-state index in [-0.39, 0.29) is 23.3 Å². The SMILES string of the molecule is Cc1ncc([N+](=O)[O-])n1CCN(CCCCCCCCN(CCn1c([N+](=O)[O-])cnc1C)CCn1c([N+](=O)[O-])cnc1C)CCn1c([N+](=O)[O-])cnc1C. The Balaban J connectivity index is 1.28.